The third kappa shape index (κ3) is 2.92. The third-order valence-corrected chi connectivity index (χ3v) is 5.40. The fourth-order valence-electron chi connectivity index (χ4n) is 3.07. The van der Waals surface area contributed by atoms with Gasteiger partial charge in [-0.1, -0.05) is 24.3 Å². The second-order valence-electron chi connectivity index (χ2n) is 5.93. The molecular formula is C18H16N4O2S. The highest BCUT2D eigenvalue weighted by Crippen LogP contribution is 2.32. The third-order valence-electron chi connectivity index (χ3n) is 4.25. The van der Waals surface area contributed by atoms with Crippen LogP contribution in [-0.2, 0) is 6.42 Å². The molecule has 0 spiro atoms. The predicted molar refractivity (Wildman–Crippen MR) is 94.2 cm³/mol. The maximum Gasteiger partial charge on any atom is 0.263 e. The van der Waals surface area contributed by atoms with Crippen molar-refractivity contribution in [1.82, 2.24) is 20.3 Å². The fraction of sp³-hybridized carbons (Fsp3) is 0.222. The Kier molecular flexibility index (Phi) is 4.03. The fourth-order valence-corrected chi connectivity index (χ4v) is 3.98. The van der Waals surface area contributed by atoms with E-state index in [9.17, 15) is 9.90 Å². The van der Waals surface area contributed by atoms with E-state index in [1.54, 1.807) is 25.4 Å². The summed E-state index contributed by atoms with van der Waals surface area (Å²) in [5.41, 5.74) is 2.67. The van der Waals surface area contributed by atoms with Crippen molar-refractivity contribution in [2.45, 2.75) is 25.5 Å². The standard InChI is InChI=1S/C18H16N4O2S/c1-10-15(25-18(21-10)16-19-7-4-8-20-16)17(24)22-14-12-6-3-2-5-11(12)9-13(14)23/h2-8,13-14,23H,9H2,1H3,(H,22,24)/t13-,14+/m0/s1. The van der Waals surface area contributed by atoms with Gasteiger partial charge < -0.3 is 10.4 Å². The molecule has 4 rings (SSSR count). The highest BCUT2D eigenvalue weighted by atomic mass is 32.1. The number of nitrogens with zero attached hydrogens (tertiary/aromatic N) is 3. The van der Waals surface area contributed by atoms with Crippen LogP contribution in [0.1, 0.15) is 32.5 Å². The molecule has 1 aromatic carbocycles. The van der Waals surface area contributed by atoms with Gasteiger partial charge in [0, 0.05) is 18.8 Å². The number of aliphatic hydroxyl groups excluding tert-OH is 1. The van der Waals surface area contributed by atoms with E-state index in [-0.39, 0.29) is 5.91 Å². The molecule has 0 bridgehead atoms. The van der Waals surface area contributed by atoms with Gasteiger partial charge in [-0.2, -0.15) is 0 Å². The van der Waals surface area contributed by atoms with Crippen molar-refractivity contribution in [1.29, 1.82) is 0 Å². The Morgan fingerprint density at radius 2 is 2.00 bits per heavy atom. The molecule has 6 nitrogen and oxygen atoms in total. The van der Waals surface area contributed by atoms with E-state index in [1.807, 2.05) is 24.3 Å². The van der Waals surface area contributed by atoms with Crippen molar-refractivity contribution >= 4 is 17.2 Å². The number of hydrogen-bond donors (Lipinski definition) is 2. The van der Waals surface area contributed by atoms with Gasteiger partial charge in [-0.15, -0.1) is 11.3 Å². The van der Waals surface area contributed by atoms with E-state index in [0.29, 0.717) is 27.8 Å². The number of fused-ring (bicyclic) bond motifs is 1. The van der Waals surface area contributed by atoms with Crippen molar-refractivity contribution in [3.05, 3.63) is 64.4 Å². The van der Waals surface area contributed by atoms with Crippen molar-refractivity contribution < 1.29 is 9.90 Å². The first-order chi connectivity index (χ1) is 12.1. The van der Waals surface area contributed by atoms with Crippen LogP contribution < -0.4 is 5.32 Å². The minimum absolute atomic E-state index is 0.238. The molecule has 2 aromatic heterocycles. The van der Waals surface area contributed by atoms with Crippen molar-refractivity contribution in [2.75, 3.05) is 0 Å². The zero-order valence-corrected chi connectivity index (χ0v) is 14.3. The van der Waals surface area contributed by atoms with Gasteiger partial charge in [-0.3, -0.25) is 4.79 Å². The number of carbonyl (C=O) groups is 1. The number of thiazole rings is 1. The zero-order chi connectivity index (χ0) is 17.4. The Morgan fingerprint density at radius 1 is 1.24 bits per heavy atom. The quantitative estimate of drug-likeness (QED) is 0.755. The number of nitrogens with one attached hydrogen (secondary N) is 1. The van der Waals surface area contributed by atoms with Crippen LogP contribution in [0.2, 0.25) is 0 Å². The van der Waals surface area contributed by atoms with Gasteiger partial charge in [0.05, 0.1) is 17.8 Å². The molecule has 3 aromatic rings. The summed E-state index contributed by atoms with van der Waals surface area (Å²) < 4.78 is 0. The predicted octanol–water partition coefficient (Wildman–Crippen LogP) is 2.30. The maximum atomic E-state index is 12.7. The van der Waals surface area contributed by atoms with Gasteiger partial charge in [0.2, 0.25) is 0 Å². The molecule has 2 atom stereocenters. The molecule has 126 valence electrons. The van der Waals surface area contributed by atoms with Crippen LogP contribution in [0, 0.1) is 6.92 Å². The van der Waals surface area contributed by atoms with Crippen LogP contribution in [-0.4, -0.2) is 32.1 Å². The van der Waals surface area contributed by atoms with E-state index >= 15 is 0 Å². The lowest BCUT2D eigenvalue weighted by atomic mass is 10.1. The number of hydrogen-bond acceptors (Lipinski definition) is 6. The van der Waals surface area contributed by atoms with Gasteiger partial charge in [0.15, 0.2) is 10.8 Å². The van der Waals surface area contributed by atoms with E-state index < -0.39 is 12.1 Å². The summed E-state index contributed by atoms with van der Waals surface area (Å²) in [4.78, 5) is 26.0. The molecule has 0 fully saturated rings. The lowest BCUT2D eigenvalue weighted by Crippen LogP contribution is -2.33. The number of carbonyl (C=O) groups excluding carboxylic acids is 1. The van der Waals surface area contributed by atoms with Crippen LogP contribution in [0.4, 0.5) is 0 Å². The Balaban J connectivity index is 1.59. The molecule has 1 aliphatic rings. The van der Waals surface area contributed by atoms with Gasteiger partial charge in [0.1, 0.15) is 4.88 Å². The van der Waals surface area contributed by atoms with Crippen LogP contribution in [0.25, 0.3) is 10.8 Å². The molecule has 0 saturated heterocycles. The summed E-state index contributed by atoms with van der Waals surface area (Å²) in [6, 6.07) is 9.11. The molecule has 0 aliphatic heterocycles. The summed E-state index contributed by atoms with van der Waals surface area (Å²) in [6.07, 6.45) is 3.22. The van der Waals surface area contributed by atoms with Crippen LogP contribution in [0.5, 0.6) is 0 Å². The average molecular weight is 352 g/mol. The number of rotatable bonds is 3. The molecule has 2 heterocycles. The molecular weight excluding hydrogens is 336 g/mol. The van der Waals surface area contributed by atoms with E-state index in [4.69, 9.17) is 0 Å². The summed E-state index contributed by atoms with van der Waals surface area (Å²) in [7, 11) is 0. The first kappa shape index (κ1) is 15.9. The van der Waals surface area contributed by atoms with Gasteiger partial charge >= 0.3 is 0 Å². The number of aliphatic hydroxyl groups is 1. The Morgan fingerprint density at radius 3 is 2.80 bits per heavy atom. The second kappa shape index (κ2) is 6.34. The second-order valence-corrected chi connectivity index (χ2v) is 6.93. The Labute approximate surface area is 148 Å². The summed E-state index contributed by atoms with van der Waals surface area (Å²) in [5.74, 6) is 0.263. The summed E-state index contributed by atoms with van der Waals surface area (Å²) >= 11 is 1.26. The highest BCUT2D eigenvalue weighted by Gasteiger charge is 2.32. The Bertz CT molecular complexity index is 926. The molecule has 0 saturated carbocycles. The molecule has 0 radical (unpaired) electrons. The van der Waals surface area contributed by atoms with Gasteiger partial charge in [-0.25, -0.2) is 15.0 Å². The highest BCUT2D eigenvalue weighted by molar-refractivity contribution is 7.17. The summed E-state index contributed by atoms with van der Waals surface area (Å²) in [6.45, 7) is 1.79. The van der Waals surface area contributed by atoms with Crippen LogP contribution in [0.15, 0.2) is 42.7 Å². The summed E-state index contributed by atoms with van der Waals surface area (Å²) in [5, 5.41) is 13.9. The molecule has 0 unspecified atom stereocenters. The van der Waals surface area contributed by atoms with Crippen molar-refractivity contribution in [2.24, 2.45) is 0 Å². The normalized spacial score (nSPS) is 18.8. The van der Waals surface area contributed by atoms with Crippen LogP contribution >= 0.6 is 11.3 Å². The number of aromatic nitrogens is 3. The first-order valence-corrected chi connectivity index (χ1v) is 8.76. The topological polar surface area (TPSA) is 88.0 Å². The molecule has 7 heteroatoms. The Hall–Kier alpha value is -2.64. The smallest absolute Gasteiger partial charge is 0.263 e. The van der Waals surface area contributed by atoms with Gasteiger partial charge in [-0.05, 0) is 24.1 Å². The SMILES string of the molecule is Cc1nc(-c2ncccn2)sc1C(=O)N[C@@H]1c2ccccc2C[C@@H]1O. The zero-order valence-electron chi connectivity index (χ0n) is 13.5. The maximum absolute atomic E-state index is 12.7. The van der Waals surface area contributed by atoms with E-state index in [2.05, 4.69) is 20.3 Å². The molecule has 2 N–H and O–H groups in total. The first-order valence-electron chi connectivity index (χ1n) is 7.95. The number of amides is 1. The lowest BCUT2D eigenvalue weighted by Gasteiger charge is -2.17. The minimum atomic E-state index is -0.619. The van der Waals surface area contributed by atoms with E-state index in [1.165, 1.54) is 11.3 Å². The van der Waals surface area contributed by atoms with Crippen molar-refractivity contribution in [3.63, 3.8) is 0 Å². The largest absolute Gasteiger partial charge is 0.390 e. The molecule has 25 heavy (non-hydrogen) atoms. The molecule has 1 aliphatic carbocycles. The number of benzene rings is 1. The molecule has 1 amide bonds. The monoisotopic (exact) mass is 352 g/mol. The van der Waals surface area contributed by atoms with Crippen LogP contribution in [0.3, 0.4) is 0 Å². The van der Waals surface area contributed by atoms with Crippen molar-refractivity contribution in [3.8, 4) is 10.8 Å². The number of aryl methyl sites for hydroxylation is 1. The minimum Gasteiger partial charge on any atom is -0.390 e. The van der Waals surface area contributed by atoms with Gasteiger partial charge in [0.25, 0.3) is 5.91 Å². The average Bonchev–Trinajstić information content (AvgIpc) is 3.16. The van der Waals surface area contributed by atoms with E-state index in [0.717, 1.165) is 11.1 Å². The lowest BCUT2D eigenvalue weighted by molar-refractivity contribution is 0.0861.